The van der Waals surface area contributed by atoms with Gasteiger partial charge in [0.2, 0.25) is 5.43 Å². The van der Waals surface area contributed by atoms with E-state index in [4.69, 9.17) is 0 Å². The summed E-state index contributed by atoms with van der Waals surface area (Å²) in [7, 11) is 1.55. The van der Waals surface area contributed by atoms with E-state index in [2.05, 4.69) is 5.32 Å². The molecule has 8 heteroatoms. The molecular formula is C25H28N4O4. The van der Waals surface area contributed by atoms with Crippen LogP contribution in [0, 0.1) is 0 Å². The van der Waals surface area contributed by atoms with Crippen LogP contribution in [0.25, 0.3) is 0 Å². The second kappa shape index (κ2) is 9.09. The number of carbonyl (C=O) groups is 1. The number of benzene rings is 2. The molecule has 1 amide bonds. The smallest absolute Gasteiger partial charge is 0.278 e. The van der Waals surface area contributed by atoms with Crippen molar-refractivity contribution in [1.29, 1.82) is 0 Å². The third kappa shape index (κ3) is 3.99. The minimum absolute atomic E-state index is 0.163. The number of pyridine rings is 1. The number of nitrogens with one attached hydrogen (secondary N) is 1. The quantitative estimate of drug-likeness (QED) is 0.501. The van der Waals surface area contributed by atoms with Crippen molar-refractivity contribution in [2.45, 2.75) is 32.2 Å². The highest BCUT2D eigenvalue weighted by molar-refractivity contribution is 5.96. The van der Waals surface area contributed by atoms with E-state index in [9.17, 15) is 19.8 Å². The van der Waals surface area contributed by atoms with Crippen LogP contribution in [0.4, 0.5) is 0 Å². The summed E-state index contributed by atoms with van der Waals surface area (Å²) in [5, 5.41) is 26.0. The lowest BCUT2D eigenvalue weighted by Gasteiger charge is -2.46. The van der Waals surface area contributed by atoms with E-state index in [1.54, 1.807) is 11.9 Å². The van der Waals surface area contributed by atoms with Gasteiger partial charge in [-0.05, 0) is 32.0 Å². The summed E-state index contributed by atoms with van der Waals surface area (Å²) in [6.07, 6.45) is -1.23. The van der Waals surface area contributed by atoms with Gasteiger partial charge in [0.1, 0.15) is 12.9 Å². The molecule has 33 heavy (non-hydrogen) atoms. The highest BCUT2D eigenvalue weighted by Gasteiger charge is 2.39. The number of carbonyl (C=O) groups excluding carboxylic acids is 1. The Morgan fingerprint density at radius 3 is 1.97 bits per heavy atom. The standard InChI is InChI=1S/C25H28N4O4/c1-16(2)27-15-28(21(17-10-6-4-7-11-17)18-12-8-5-9-13-18)29-19(24(32)26-3)14-20(30)23(31)22(29)25(27)33/h4-14,16,21,24,26,31-32H,15H2,1-3H3. The summed E-state index contributed by atoms with van der Waals surface area (Å²) >= 11 is 0. The molecule has 0 bridgehead atoms. The zero-order valence-electron chi connectivity index (χ0n) is 18.8. The molecule has 0 saturated heterocycles. The highest BCUT2D eigenvalue weighted by Crippen LogP contribution is 2.34. The van der Waals surface area contributed by atoms with Crippen LogP contribution in [0.15, 0.2) is 71.5 Å². The number of fused-ring (bicyclic) bond motifs is 1. The first kappa shape index (κ1) is 22.6. The largest absolute Gasteiger partial charge is 0.502 e. The van der Waals surface area contributed by atoms with Gasteiger partial charge in [-0.3, -0.25) is 19.9 Å². The SMILES string of the molecule is CNC(O)c1cc(=O)c(O)c2n1N(C(c1ccccc1)c1ccccc1)CN(C(C)C)C2=O. The third-order valence-corrected chi connectivity index (χ3v) is 5.92. The monoisotopic (exact) mass is 448 g/mol. The van der Waals surface area contributed by atoms with Crippen molar-refractivity contribution < 1.29 is 15.0 Å². The van der Waals surface area contributed by atoms with Crippen molar-refractivity contribution in [2.24, 2.45) is 0 Å². The van der Waals surface area contributed by atoms with E-state index in [0.717, 1.165) is 11.1 Å². The van der Waals surface area contributed by atoms with E-state index in [0.29, 0.717) is 0 Å². The van der Waals surface area contributed by atoms with Crippen LogP contribution in [-0.4, -0.2) is 45.5 Å². The first-order valence-electron chi connectivity index (χ1n) is 10.9. The lowest BCUT2D eigenvalue weighted by molar-refractivity contribution is 0.0603. The number of rotatable bonds is 6. The summed E-state index contributed by atoms with van der Waals surface area (Å²) < 4.78 is 1.49. The zero-order chi connectivity index (χ0) is 23.7. The molecule has 1 unspecified atom stereocenters. The molecule has 1 aliphatic rings. The number of aliphatic hydroxyl groups is 1. The highest BCUT2D eigenvalue weighted by atomic mass is 16.3. The van der Waals surface area contributed by atoms with Gasteiger partial charge in [0, 0.05) is 12.1 Å². The second-order valence-corrected chi connectivity index (χ2v) is 8.31. The first-order valence-corrected chi connectivity index (χ1v) is 10.9. The van der Waals surface area contributed by atoms with Gasteiger partial charge in [-0.15, -0.1) is 0 Å². The molecule has 8 nitrogen and oxygen atoms in total. The summed E-state index contributed by atoms with van der Waals surface area (Å²) in [5.41, 5.74) is 1.19. The Morgan fingerprint density at radius 2 is 1.48 bits per heavy atom. The fourth-order valence-corrected chi connectivity index (χ4v) is 4.24. The maximum absolute atomic E-state index is 13.4. The molecule has 3 aromatic rings. The third-order valence-electron chi connectivity index (χ3n) is 5.92. The van der Waals surface area contributed by atoms with Gasteiger partial charge in [-0.1, -0.05) is 60.7 Å². The molecule has 0 aliphatic carbocycles. The molecule has 1 atom stereocenters. The molecule has 4 rings (SSSR count). The van der Waals surface area contributed by atoms with Crippen molar-refractivity contribution in [1.82, 2.24) is 14.9 Å². The van der Waals surface area contributed by atoms with Crippen molar-refractivity contribution in [3.05, 3.63) is 99.5 Å². The minimum atomic E-state index is -1.23. The van der Waals surface area contributed by atoms with Crippen molar-refractivity contribution >= 4 is 5.91 Å². The minimum Gasteiger partial charge on any atom is -0.502 e. The molecule has 0 saturated carbocycles. The number of aromatic nitrogens is 1. The van der Waals surface area contributed by atoms with Crippen LogP contribution in [0.1, 0.15) is 53.4 Å². The van der Waals surface area contributed by atoms with Crippen LogP contribution in [-0.2, 0) is 0 Å². The van der Waals surface area contributed by atoms with E-state index in [1.807, 2.05) is 79.5 Å². The lowest BCUT2D eigenvalue weighted by Crippen LogP contribution is -2.58. The van der Waals surface area contributed by atoms with Crippen LogP contribution in [0.5, 0.6) is 5.75 Å². The van der Waals surface area contributed by atoms with E-state index >= 15 is 0 Å². The van der Waals surface area contributed by atoms with Gasteiger partial charge in [0.05, 0.1) is 11.7 Å². The predicted molar refractivity (Wildman–Crippen MR) is 126 cm³/mol. The Bertz CT molecular complexity index is 1150. The summed E-state index contributed by atoms with van der Waals surface area (Å²) in [4.78, 5) is 27.6. The number of aromatic hydroxyl groups is 1. The molecule has 0 radical (unpaired) electrons. The van der Waals surface area contributed by atoms with Crippen LogP contribution in [0.2, 0.25) is 0 Å². The van der Waals surface area contributed by atoms with Crippen LogP contribution >= 0.6 is 0 Å². The number of nitrogens with zero attached hydrogens (tertiary/aromatic N) is 3. The number of amides is 1. The molecule has 0 fully saturated rings. The Hall–Kier alpha value is -3.62. The van der Waals surface area contributed by atoms with Crippen molar-refractivity contribution in [3.63, 3.8) is 0 Å². The topological polar surface area (TPSA) is 98.0 Å². The van der Waals surface area contributed by atoms with Gasteiger partial charge >= 0.3 is 0 Å². The van der Waals surface area contributed by atoms with Gasteiger partial charge in [0.25, 0.3) is 5.91 Å². The maximum Gasteiger partial charge on any atom is 0.278 e. The van der Waals surface area contributed by atoms with Gasteiger partial charge in [0.15, 0.2) is 11.4 Å². The average Bonchev–Trinajstić information content (AvgIpc) is 2.83. The number of hydrogen-bond acceptors (Lipinski definition) is 6. The maximum atomic E-state index is 13.4. The molecule has 2 heterocycles. The van der Waals surface area contributed by atoms with E-state index in [1.165, 1.54) is 10.7 Å². The fraction of sp³-hybridized carbons (Fsp3) is 0.280. The van der Waals surface area contributed by atoms with E-state index in [-0.39, 0.29) is 30.1 Å². The summed E-state index contributed by atoms with van der Waals surface area (Å²) in [6, 6.07) is 20.2. The number of hydrogen-bond donors (Lipinski definition) is 3. The Labute approximate surface area is 192 Å². The van der Waals surface area contributed by atoms with Crippen molar-refractivity contribution in [3.8, 4) is 5.75 Å². The van der Waals surface area contributed by atoms with Crippen LogP contribution in [0.3, 0.4) is 0 Å². The molecular weight excluding hydrogens is 420 g/mol. The fourth-order valence-electron chi connectivity index (χ4n) is 4.24. The Morgan fingerprint density at radius 1 is 0.939 bits per heavy atom. The van der Waals surface area contributed by atoms with E-state index < -0.39 is 23.3 Å². The number of aliphatic hydroxyl groups excluding tert-OH is 1. The van der Waals surface area contributed by atoms with Crippen LogP contribution < -0.4 is 15.8 Å². The average molecular weight is 449 g/mol. The normalized spacial score (nSPS) is 14.7. The molecule has 2 aromatic carbocycles. The summed E-state index contributed by atoms with van der Waals surface area (Å²) in [5.74, 6) is -1.11. The van der Waals surface area contributed by atoms with Gasteiger partial charge in [-0.25, -0.2) is 4.68 Å². The predicted octanol–water partition coefficient (Wildman–Crippen LogP) is 2.31. The van der Waals surface area contributed by atoms with Crippen molar-refractivity contribution in [2.75, 3.05) is 18.7 Å². The Kier molecular flexibility index (Phi) is 6.22. The molecule has 1 aromatic heterocycles. The summed E-state index contributed by atoms with van der Waals surface area (Å²) in [6.45, 7) is 3.95. The molecule has 3 N–H and O–H groups in total. The Balaban J connectivity index is 2.05. The molecule has 0 spiro atoms. The molecule has 1 aliphatic heterocycles. The zero-order valence-corrected chi connectivity index (χ0v) is 18.8. The first-order chi connectivity index (χ1) is 15.8. The van der Waals surface area contributed by atoms with Gasteiger partial charge in [-0.2, -0.15) is 0 Å². The lowest BCUT2D eigenvalue weighted by atomic mass is 9.97. The second-order valence-electron chi connectivity index (χ2n) is 8.31. The van der Waals surface area contributed by atoms with Gasteiger partial charge < -0.3 is 15.1 Å². The molecule has 172 valence electrons.